The lowest BCUT2D eigenvalue weighted by molar-refractivity contribution is -0.0000790. The number of aryl methyl sites for hydroxylation is 2. The molecular formula is C31H33N6O10P. The molecule has 2 aromatic carbocycles. The maximum Gasteiger partial charge on any atom is 0.524 e. The molecule has 5 rings (SSSR count). The van der Waals surface area contributed by atoms with E-state index in [1.807, 2.05) is 6.92 Å². The fourth-order valence-corrected chi connectivity index (χ4v) is 5.12. The molecule has 4 N–H and O–H groups in total. The van der Waals surface area contributed by atoms with Crippen LogP contribution in [0.25, 0.3) is 5.52 Å². The van der Waals surface area contributed by atoms with Crippen molar-refractivity contribution < 1.29 is 47.5 Å². The van der Waals surface area contributed by atoms with Crippen LogP contribution in [-0.4, -0.2) is 67.6 Å². The van der Waals surface area contributed by atoms with Gasteiger partial charge in [-0.05, 0) is 80.6 Å². The van der Waals surface area contributed by atoms with Crippen LogP contribution >= 0.6 is 7.82 Å². The summed E-state index contributed by atoms with van der Waals surface area (Å²) in [4.78, 5) is 75.8. The standard InChI is InChI=1S/C31H33N6O10P/c1-4-13-32-28(38)21-6-5-18(2)25(14-21)37(27-26-19(3)24(15-36(26)34-16-33-27)29(39)35-22-9-10-22)31(41)46-17-45-30(40)20-7-11-23(12-8-20)47-48(42,43)44/h5-8,11-12,14-16,22H,4,9-10,13,17H2,1-3H3,(H,32,38)(H,35,39)(H2,42,43,44). The van der Waals surface area contributed by atoms with Gasteiger partial charge in [0, 0.05) is 24.3 Å². The third-order valence-corrected chi connectivity index (χ3v) is 7.74. The number of amides is 3. The second-order valence-electron chi connectivity index (χ2n) is 11.0. The number of benzene rings is 2. The number of hydrogen-bond donors (Lipinski definition) is 4. The van der Waals surface area contributed by atoms with Gasteiger partial charge < -0.3 is 24.6 Å². The van der Waals surface area contributed by atoms with Crippen LogP contribution in [0.3, 0.4) is 0 Å². The maximum atomic E-state index is 13.9. The van der Waals surface area contributed by atoms with Crippen molar-refractivity contribution in [3.05, 3.63) is 82.8 Å². The molecule has 0 atom stereocenters. The zero-order valence-corrected chi connectivity index (χ0v) is 27.1. The number of nitrogens with one attached hydrogen (secondary N) is 2. The first-order valence-corrected chi connectivity index (χ1v) is 16.4. The van der Waals surface area contributed by atoms with Crippen LogP contribution in [0.15, 0.2) is 55.0 Å². The Kier molecular flexibility index (Phi) is 10.1. The highest BCUT2D eigenvalue weighted by Gasteiger charge is 2.30. The van der Waals surface area contributed by atoms with Crippen LogP contribution in [0.5, 0.6) is 5.75 Å². The molecule has 3 amide bonds. The molecule has 1 saturated carbocycles. The summed E-state index contributed by atoms with van der Waals surface area (Å²) in [5.74, 6) is -1.68. The number of carbonyl (C=O) groups is 4. The summed E-state index contributed by atoms with van der Waals surface area (Å²) in [6.45, 7) is 4.95. The molecule has 0 bridgehead atoms. The molecule has 1 fully saturated rings. The number of hydrogen-bond acceptors (Lipinski definition) is 10. The molecule has 1 aliphatic carbocycles. The molecule has 48 heavy (non-hydrogen) atoms. The van der Waals surface area contributed by atoms with Gasteiger partial charge in [-0.1, -0.05) is 13.0 Å². The largest absolute Gasteiger partial charge is 0.524 e. The number of phosphoric ester groups is 1. The molecule has 1 aliphatic rings. The lowest BCUT2D eigenvalue weighted by atomic mass is 10.1. The van der Waals surface area contributed by atoms with E-state index < -0.39 is 26.7 Å². The number of ether oxygens (including phenoxy) is 2. The molecule has 4 aromatic rings. The van der Waals surface area contributed by atoms with Crippen LogP contribution in [0, 0.1) is 13.8 Å². The number of anilines is 2. The predicted octanol–water partition coefficient (Wildman–Crippen LogP) is 3.94. The van der Waals surface area contributed by atoms with Crippen LogP contribution in [0.1, 0.15) is 68.4 Å². The Bertz CT molecular complexity index is 1920. The van der Waals surface area contributed by atoms with Crippen molar-refractivity contribution in [2.45, 2.75) is 46.1 Å². The number of phosphoric acid groups is 1. The lowest BCUT2D eigenvalue weighted by Crippen LogP contribution is -2.31. The number of nitrogens with zero attached hydrogens (tertiary/aromatic N) is 4. The van der Waals surface area contributed by atoms with Gasteiger partial charge in [0.1, 0.15) is 17.6 Å². The highest BCUT2D eigenvalue weighted by Crippen LogP contribution is 2.37. The highest BCUT2D eigenvalue weighted by molar-refractivity contribution is 7.46. The smallest absolute Gasteiger partial charge is 0.424 e. The van der Waals surface area contributed by atoms with Gasteiger partial charge in [-0.15, -0.1) is 0 Å². The van der Waals surface area contributed by atoms with Crippen LogP contribution in [0.2, 0.25) is 0 Å². The van der Waals surface area contributed by atoms with E-state index in [-0.39, 0.29) is 46.2 Å². The van der Waals surface area contributed by atoms with Crippen LogP contribution in [0.4, 0.5) is 16.3 Å². The maximum absolute atomic E-state index is 13.9. The minimum atomic E-state index is -4.79. The molecule has 0 spiro atoms. The number of esters is 1. The minimum absolute atomic E-state index is 0.0130. The van der Waals surface area contributed by atoms with Crippen molar-refractivity contribution in [1.29, 1.82) is 0 Å². The quantitative estimate of drug-likeness (QED) is 0.0952. The Labute approximate surface area is 274 Å². The van der Waals surface area contributed by atoms with Gasteiger partial charge in [-0.25, -0.2) is 28.6 Å². The summed E-state index contributed by atoms with van der Waals surface area (Å²) in [7, 11) is -4.79. The van der Waals surface area contributed by atoms with E-state index in [0.29, 0.717) is 28.8 Å². The highest BCUT2D eigenvalue weighted by atomic mass is 31.2. The van der Waals surface area contributed by atoms with E-state index in [0.717, 1.165) is 36.3 Å². The molecule has 0 radical (unpaired) electrons. The van der Waals surface area contributed by atoms with E-state index >= 15 is 0 Å². The molecule has 2 heterocycles. The fourth-order valence-electron chi connectivity index (χ4n) is 4.73. The van der Waals surface area contributed by atoms with Crippen molar-refractivity contribution in [3.63, 3.8) is 0 Å². The molecule has 17 heteroatoms. The molecule has 2 aromatic heterocycles. The third-order valence-electron chi connectivity index (χ3n) is 7.29. The second kappa shape index (κ2) is 14.2. The topological polar surface area (TPSA) is 211 Å². The normalized spacial score (nSPS) is 12.7. The van der Waals surface area contributed by atoms with Gasteiger partial charge in [0.15, 0.2) is 5.82 Å². The van der Waals surface area contributed by atoms with Gasteiger partial charge in [0.25, 0.3) is 11.8 Å². The molecule has 252 valence electrons. The van der Waals surface area contributed by atoms with Crippen molar-refractivity contribution in [3.8, 4) is 5.75 Å². The lowest BCUT2D eigenvalue weighted by Gasteiger charge is -2.24. The first kappa shape index (κ1) is 34.0. The first-order valence-electron chi connectivity index (χ1n) is 14.9. The number of fused-ring (bicyclic) bond motifs is 1. The van der Waals surface area contributed by atoms with Crippen LogP contribution < -0.4 is 20.1 Å². The van der Waals surface area contributed by atoms with E-state index in [1.165, 1.54) is 35.2 Å². The van der Waals surface area contributed by atoms with E-state index in [4.69, 9.17) is 19.3 Å². The zero-order chi connectivity index (χ0) is 34.6. The Morgan fingerprint density at radius 3 is 2.40 bits per heavy atom. The fraction of sp³-hybridized carbons (Fsp3) is 0.290. The van der Waals surface area contributed by atoms with E-state index in [9.17, 15) is 23.7 Å². The van der Waals surface area contributed by atoms with Crippen molar-refractivity contribution in [2.75, 3.05) is 18.2 Å². The molecule has 0 saturated heterocycles. The second-order valence-corrected chi connectivity index (χ2v) is 12.1. The Morgan fingerprint density at radius 1 is 1.02 bits per heavy atom. The van der Waals surface area contributed by atoms with Gasteiger partial charge in [-0.3, -0.25) is 19.4 Å². The van der Waals surface area contributed by atoms with E-state index in [2.05, 4.69) is 25.2 Å². The average Bonchev–Trinajstić information content (AvgIpc) is 3.79. The Hall–Kier alpha value is -5.31. The summed E-state index contributed by atoms with van der Waals surface area (Å²) in [6, 6.07) is 9.64. The summed E-state index contributed by atoms with van der Waals surface area (Å²) in [5.41, 5.74) is 2.22. The summed E-state index contributed by atoms with van der Waals surface area (Å²) in [6.07, 6.45) is 4.23. The molecule has 0 unspecified atom stereocenters. The minimum Gasteiger partial charge on any atom is -0.424 e. The van der Waals surface area contributed by atoms with E-state index in [1.54, 1.807) is 26.0 Å². The van der Waals surface area contributed by atoms with Gasteiger partial charge >= 0.3 is 19.9 Å². The van der Waals surface area contributed by atoms with Gasteiger partial charge in [0.2, 0.25) is 6.79 Å². The number of aromatic nitrogens is 3. The molecule has 0 aliphatic heterocycles. The monoisotopic (exact) mass is 680 g/mol. The molecular weight excluding hydrogens is 647 g/mol. The summed E-state index contributed by atoms with van der Waals surface area (Å²) in [5, 5.41) is 9.99. The van der Waals surface area contributed by atoms with Crippen molar-refractivity contribution in [2.24, 2.45) is 0 Å². The third kappa shape index (κ3) is 7.97. The molecule has 16 nitrogen and oxygen atoms in total. The van der Waals surface area contributed by atoms with Gasteiger partial charge in [0.05, 0.1) is 16.8 Å². The first-order chi connectivity index (χ1) is 22.9. The Balaban J connectivity index is 1.45. The number of carbonyl (C=O) groups excluding carboxylic acids is 4. The zero-order valence-electron chi connectivity index (χ0n) is 26.2. The van der Waals surface area contributed by atoms with Crippen molar-refractivity contribution in [1.82, 2.24) is 25.2 Å². The number of rotatable bonds is 12. The summed E-state index contributed by atoms with van der Waals surface area (Å²) < 4.78 is 27.4. The SMILES string of the molecule is CCCNC(=O)c1ccc(C)c(N(C(=O)OCOC(=O)c2ccc(OP(=O)(O)O)cc2)c2ncnn3cc(C(=O)NC4CC4)c(C)c23)c1. The van der Waals surface area contributed by atoms with Crippen molar-refractivity contribution >= 4 is 48.7 Å². The average molecular weight is 681 g/mol. The Morgan fingerprint density at radius 2 is 1.73 bits per heavy atom. The summed E-state index contributed by atoms with van der Waals surface area (Å²) >= 11 is 0. The van der Waals surface area contributed by atoms with Crippen LogP contribution in [-0.2, 0) is 14.0 Å². The predicted molar refractivity (Wildman–Crippen MR) is 170 cm³/mol. The van der Waals surface area contributed by atoms with Gasteiger partial charge in [-0.2, -0.15) is 5.10 Å².